The van der Waals surface area contributed by atoms with E-state index in [4.69, 9.17) is 25.4 Å². The Kier molecular flexibility index (Phi) is 31.7. The van der Waals surface area contributed by atoms with Crippen LogP contribution in [0.15, 0.2) is 59.7 Å². The molecule has 96 heavy (non-hydrogen) atoms. The number of aromatic nitrogens is 1. The molecule has 0 radical (unpaired) electrons. The minimum absolute atomic E-state index is 0.0436. The summed E-state index contributed by atoms with van der Waals surface area (Å²) in [4.78, 5) is 150. The normalized spacial score (nSPS) is 17.7. The Morgan fingerprint density at radius 1 is 0.781 bits per heavy atom. The Hall–Kier alpha value is -8.76. The number of amidine groups is 1. The Labute approximate surface area is 558 Å². The fraction of sp³-hybridized carbons (Fsp3) is 0.576. The highest BCUT2D eigenvalue weighted by Gasteiger charge is 2.46. The number of aliphatic carboxylic acids is 1. The summed E-state index contributed by atoms with van der Waals surface area (Å²) in [5, 5.41) is 21.2. The molecule has 0 aliphatic carbocycles. The molecule has 30 heteroatoms. The van der Waals surface area contributed by atoms with Crippen LogP contribution in [0.2, 0.25) is 0 Å². The zero-order valence-corrected chi connectivity index (χ0v) is 55.0. The van der Waals surface area contributed by atoms with Crippen LogP contribution < -0.4 is 26.0 Å². The van der Waals surface area contributed by atoms with E-state index in [-0.39, 0.29) is 90.3 Å². The number of terminal acetylenes is 1. The summed E-state index contributed by atoms with van der Waals surface area (Å²) in [5.41, 5.74) is 2.99. The molecule has 0 saturated carbocycles. The Bertz CT molecular complexity index is 3170. The highest BCUT2D eigenvalue weighted by Crippen LogP contribution is 2.32. The third-order valence-electron chi connectivity index (χ3n) is 16.7. The molecule has 0 bridgehead atoms. The van der Waals surface area contributed by atoms with E-state index in [1.165, 1.54) is 19.4 Å². The van der Waals surface area contributed by atoms with Crippen LogP contribution in [0.3, 0.4) is 0 Å². The third-order valence-corrected chi connectivity index (χ3v) is 16.7. The average molecular weight is 1340 g/mol. The number of nitrogens with zero attached hydrogens (tertiary/aromatic N) is 9. The lowest BCUT2D eigenvalue weighted by atomic mass is 10.1. The summed E-state index contributed by atoms with van der Waals surface area (Å²) >= 11 is 0. The number of carboxylic acid groups (broad SMARTS) is 1. The third kappa shape index (κ3) is 26.4. The van der Waals surface area contributed by atoms with Gasteiger partial charge >= 0.3 is 11.9 Å². The first kappa shape index (κ1) is 76.3. The van der Waals surface area contributed by atoms with Crippen LogP contribution in [-0.4, -0.2) is 280 Å². The number of amides is 6. The van der Waals surface area contributed by atoms with Crippen LogP contribution in [0.5, 0.6) is 5.75 Å². The summed E-state index contributed by atoms with van der Waals surface area (Å²) in [5.74, 6) is -5.15. The SMILES string of the molecule is C#C[C@H]1CC(F)(F)CN1C(=O)CNC(=O)c1ccnc2ccc(OCCCCN3CCN(C(=O)[C@H](CC(=O)OC)NC(=O)[C@H](CCCC/N=C(\C)NC(=O)CCCc4ccc(C)cc4)NC(=O)CN4CCN(COC=O)CCN(COC=O)CCN(CC(=O)O)CC4)CC3)cc12. The number of methoxy groups -OCH3 is 1. The van der Waals surface area contributed by atoms with Crippen molar-refractivity contribution >= 4 is 77.1 Å². The van der Waals surface area contributed by atoms with Gasteiger partial charge in [0.2, 0.25) is 29.5 Å². The lowest BCUT2D eigenvalue weighted by Crippen LogP contribution is -2.58. The van der Waals surface area contributed by atoms with Crippen molar-refractivity contribution in [3.05, 3.63) is 71.4 Å². The molecule has 6 rings (SSSR count). The van der Waals surface area contributed by atoms with E-state index in [1.807, 2.05) is 41.0 Å². The number of ether oxygens (including phenoxy) is 4. The van der Waals surface area contributed by atoms with E-state index < -0.39 is 91.5 Å². The van der Waals surface area contributed by atoms with Crippen molar-refractivity contribution in [2.24, 2.45) is 4.99 Å². The number of aryl methyl sites for hydroxylation is 2. The van der Waals surface area contributed by atoms with Crippen LogP contribution in [0.25, 0.3) is 10.9 Å². The Morgan fingerprint density at radius 3 is 2.06 bits per heavy atom. The first-order valence-electron chi connectivity index (χ1n) is 32.3. The number of benzene rings is 2. The number of pyridine rings is 1. The number of esters is 1. The number of alkyl halides is 2. The van der Waals surface area contributed by atoms with Crippen molar-refractivity contribution in [2.75, 3.05) is 145 Å². The maximum Gasteiger partial charge on any atom is 0.317 e. The summed E-state index contributed by atoms with van der Waals surface area (Å²) in [6.45, 7) is 7.36. The number of aliphatic imine (C=N–C) groups is 1. The highest BCUT2D eigenvalue weighted by molar-refractivity contribution is 6.07. The van der Waals surface area contributed by atoms with Crippen molar-refractivity contribution in [1.82, 2.24) is 60.6 Å². The number of hydrogen-bond acceptors (Lipinski definition) is 21. The molecule has 3 aliphatic rings. The number of likely N-dealkylation sites (tertiary alicyclic amines) is 1. The van der Waals surface area contributed by atoms with Crippen LogP contribution in [0.4, 0.5) is 8.78 Å². The monoisotopic (exact) mass is 1340 g/mol. The van der Waals surface area contributed by atoms with E-state index in [0.717, 1.165) is 28.9 Å². The Morgan fingerprint density at radius 2 is 1.43 bits per heavy atom. The zero-order valence-electron chi connectivity index (χ0n) is 55.0. The van der Waals surface area contributed by atoms with Gasteiger partial charge in [0.15, 0.2) is 0 Å². The van der Waals surface area contributed by atoms with Crippen molar-refractivity contribution in [2.45, 2.75) is 102 Å². The molecule has 1 aromatic heterocycles. The fourth-order valence-electron chi connectivity index (χ4n) is 11.3. The van der Waals surface area contributed by atoms with E-state index in [2.05, 4.69) is 42.1 Å². The van der Waals surface area contributed by atoms with E-state index in [1.54, 1.807) is 39.8 Å². The number of carbonyl (C=O) groups excluding carboxylic acids is 9. The molecule has 3 atom stereocenters. The molecule has 3 fully saturated rings. The largest absolute Gasteiger partial charge is 0.494 e. The minimum atomic E-state index is -3.12. The zero-order chi connectivity index (χ0) is 69.4. The molecular weight excluding hydrogens is 1250 g/mol. The van der Waals surface area contributed by atoms with Gasteiger partial charge in [0.05, 0.1) is 69.3 Å². The quantitative estimate of drug-likeness (QED) is 0.0107. The van der Waals surface area contributed by atoms with Crippen LogP contribution in [-0.2, 0) is 63.8 Å². The van der Waals surface area contributed by atoms with Gasteiger partial charge < -0.3 is 55.1 Å². The molecule has 0 spiro atoms. The molecule has 524 valence electrons. The first-order valence-corrected chi connectivity index (χ1v) is 32.3. The number of piperazine rings is 1. The smallest absolute Gasteiger partial charge is 0.317 e. The molecule has 28 nitrogen and oxygen atoms in total. The topological polar surface area (TPSA) is 324 Å². The lowest BCUT2D eigenvalue weighted by Gasteiger charge is -2.36. The predicted octanol–water partition coefficient (Wildman–Crippen LogP) is 1.27. The van der Waals surface area contributed by atoms with Gasteiger partial charge in [-0.25, -0.2) is 8.78 Å². The molecule has 3 aromatic rings. The predicted molar refractivity (Wildman–Crippen MR) is 348 cm³/mol. The van der Waals surface area contributed by atoms with Gasteiger partial charge in [-0.15, -0.1) is 6.42 Å². The average Bonchev–Trinajstić information content (AvgIpc) is 0.991. The summed E-state index contributed by atoms with van der Waals surface area (Å²) in [7, 11) is 1.17. The summed E-state index contributed by atoms with van der Waals surface area (Å²) < 4.78 is 49.2. The van der Waals surface area contributed by atoms with Gasteiger partial charge in [0.25, 0.3) is 24.8 Å². The van der Waals surface area contributed by atoms with E-state index in [9.17, 15) is 61.8 Å². The fourth-order valence-corrected chi connectivity index (χ4v) is 11.3. The maximum absolute atomic E-state index is 14.5. The number of hydrogen-bond donors (Lipinski definition) is 5. The van der Waals surface area contributed by atoms with Gasteiger partial charge in [0.1, 0.15) is 31.3 Å². The second-order valence-corrected chi connectivity index (χ2v) is 24.0. The van der Waals surface area contributed by atoms with E-state index in [0.29, 0.717) is 120 Å². The van der Waals surface area contributed by atoms with Crippen molar-refractivity contribution < 1.29 is 80.8 Å². The molecular formula is C66H91F2N13O15. The van der Waals surface area contributed by atoms with Crippen LogP contribution in [0, 0.1) is 19.3 Å². The lowest BCUT2D eigenvalue weighted by molar-refractivity contribution is -0.147. The van der Waals surface area contributed by atoms with Gasteiger partial charge in [-0.05, 0) is 95.2 Å². The number of rotatable bonds is 34. The number of carbonyl (C=O) groups is 10. The second-order valence-electron chi connectivity index (χ2n) is 24.0. The number of carboxylic acids is 1. The standard InChI is InChI=1S/C66H91F2N13O15/c1-5-51-39-66(67,68)43-81(51)60(86)40-71-63(90)53-20-22-70-55-19-18-52(37-54(53)55)96-36-9-8-23-75-32-34-80(35-33-75)65(92)57(38-62(89)93-4)74-64(91)56(12-6-7-21-69-49(3)72-58(84)13-10-11-50-16-14-48(2)15-17-50)73-59(85)41-76-24-25-77(42-61(87)88)27-29-79(45-95-47-83)31-30-78(28-26-76)44-94-46-82/h1,14-20,22,37,46-47,51,56-57H,6-13,21,23-36,38-45H2,2-4H3,(H,71,90)(H,73,85)(H,74,91)(H,87,88)(H,69,72,84)/t51-,56-,57-/m0/s1. The molecule has 5 N–H and O–H groups in total. The van der Waals surface area contributed by atoms with Gasteiger partial charge in [-0.2, -0.15) is 0 Å². The molecule has 3 aliphatic heterocycles. The van der Waals surface area contributed by atoms with E-state index >= 15 is 0 Å². The highest BCUT2D eigenvalue weighted by atomic mass is 19.3. The summed E-state index contributed by atoms with van der Waals surface area (Å²) in [6, 6.07) is 11.1. The Balaban J connectivity index is 1.05. The molecule has 3 saturated heterocycles. The molecule has 6 amide bonds. The summed E-state index contributed by atoms with van der Waals surface area (Å²) in [6.07, 6.45) is 9.64. The van der Waals surface area contributed by atoms with Gasteiger partial charge in [-0.1, -0.05) is 35.7 Å². The van der Waals surface area contributed by atoms with Crippen molar-refractivity contribution in [1.29, 1.82) is 0 Å². The van der Waals surface area contributed by atoms with Gasteiger partial charge in [-0.3, -0.25) is 82.4 Å². The molecule has 0 unspecified atom stereocenters. The molecule has 2 aromatic carbocycles. The van der Waals surface area contributed by atoms with Crippen LogP contribution in [0.1, 0.15) is 86.2 Å². The molecule has 4 heterocycles. The van der Waals surface area contributed by atoms with Crippen molar-refractivity contribution in [3.63, 3.8) is 0 Å². The number of halogens is 2. The number of unbranched alkanes of at least 4 members (excludes halogenated alkanes) is 2. The van der Waals surface area contributed by atoms with Crippen LogP contribution >= 0.6 is 0 Å². The van der Waals surface area contributed by atoms with Gasteiger partial charge in [0, 0.05) is 110 Å². The number of nitrogens with one attached hydrogen (secondary N) is 4. The van der Waals surface area contributed by atoms with Crippen molar-refractivity contribution in [3.8, 4) is 18.1 Å². The second kappa shape index (κ2) is 39.9. The first-order chi connectivity index (χ1) is 46.1. The number of fused-ring (bicyclic) bond motifs is 1. The maximum atomic E-state index is 14.5. The minimum Gasteiger partial charge on any atom is -0.494 e.